The van der Waals surface area contributed by atoms with Crippen molar-refractivity contribution in [2.75, 3.05) is 26.2 Å². The predicted octanol–water partition coefficient (Wildman–Crippen LogP) is 4.43. The fourth-order valence-corrected chi connectivity index (χ4v) is 4.73. The molecule has 0 spiro atoms. The number of nitrogens with zero attached hydrogens (tertiary/aromatic N) is 1. The summed E-state index contributed by atoms with van der Waals surface area (Å²) >= 11 is 0. The SMILES string of the molecule is CC(C)(C)[Si](C)(C)OC(CN)CN1CCC(Cc2ccc(F)cc2)CC1. The van der Waals surface area contributed by atoms with Crippen LogP contribution in [0.15, 0.2) is 24.3 Å². The van der Waals surface area contributed by atoms with Gasteiger partial charge in [0.2, 0.25) is 0 Å². The molecule has 0 bridgehead atoms. The molecule has 1 fully saturated rings. The average Bonchev–Trinajstić information content (AvgIpc) is 2.57. The predicted molar refractivity (Wildman–Crippen MR) is 110 cm³/mol. The van der Waals surface area contributed by atoms with Gasteiger partial charge in [0.05, 0.1) is 6.10 Å². The van der Waals surface area contributed by atoms with Gasteiger partial charge in [0.25, 0.3) is 0 Å². The number of piperidine rings is 1. The van der Waals surface area contributed by atoms with Crippen molar-refractivity contribution in [3.05, 3.63) is 35.6 Å². The second kappa shape index (κ2) is 8.96. The van der Waals surface area contributed by atoms with E-state index >= 15 is 0 Å². The summed E-state index contributed by atoms with van der Waals surface area (Å²) in [4.78, 5) is 2.51. The third kappa shape index (κ3) is 6.15. The summed E-state index contributed by atoms with van der Waals surface area (Å²) < 4.78 is 19.6. The number of hydrogen-bond acceptors (Lipinski definition) is 3. The Balaban J connectivity index is 1.80. The lowest BCUT2D eigenvalue weighted by molar-refractivity contribution is 0.0996. The highest BCUT2D eigenvalue weighted by Crippen LogP contribution is 2.37. The third-order valence-electron chi connectivity index (χ3n) is 6.14. The zero-order valence-corrected chi connectivity index (χ0v) is 18.2. The van der Waals surface area contributed by atoms with Crippen molar-refractivity contribution in [1.29, 1.82) is 0 Å². The zero-order chi connectivity index (χ0) is 19.4. The summed E-state index contributed by atoms with van der Waals surface area (Å²) in [6.45, 7) is 15.1. The van der Waals surface area contributed by atoms with Crippen LogP contribution in [-0.4, -0.2) is 45.5 Å². The lowest BCUT2D eigenvalue weighted by atomic mass is 9.90. The highest BCUT2D eigenvalue weighted by Gasteiger charge is 2.39. The van der Waals surface area contributed by atoms with E-state index in [1.807, 2.05) is 12.1 Å². The van der Waals surface area contributed by atoms with Crippen LogP contribution in [0.2, 0.25) is 18.1 Å². The normalized spacial score (nSPS) is 18.9. The van der Waals surface area contributed by atoms with E-state index in [-0.39, 0.29) is 17.0 Å². The van der Waals surface area contributed by atoms with E-state index < -0.39 is 8.32 Å². The topological polar surface area (TPSA) is 38.5 Å². The zero-order valence-electron chi connectivity index (χ0n) is 17.2. The Morgan fingerprint density at radius 2 is 1.77 bits per heavy atom. The number of likely N-dealkylation sites (tertiary alicyclic amines) is 1. The van der Waals surface area contributed by atoms with Gasteiger partial charge in [-0.3, -0.25) is 0 Å². The molecule has 1 unspecified atom stereocenters. The molecule has 0 amide bonds. The molecule has 1 aliphatic heterocycles. The number of rotatable bonds is 7. The Labute approximate surface area is 160 Å². The lowest BCUT2D eigenvalue weighted by Gasteiger charge is -2.41. The summed E-state index contributed by atoms with van der Waals surface area (Å²) in [6, 6.07) is 6.96. The molecule has 0 radical (unpaired) electrons. The van der Waals surface area contributed by atoms with Crippen LogP contribution in [-0.2, 0) is 10.8 Å². The van der Waals surface area contributed by atoms with Crippen LogP contribution < -0.4 is 5.73 Å². The monoisotopic (exact) mass is 380 g/mol. The highest BCUT2D eigenvalue weighted by molar-refractivity contribution is 6.74. The molecule has 1 saturated heterocycles. The first kappa shape index (κ1) is 21.5. The van der Waals surface area contributed by atoms with Gasteiger partial charge in [-0.1, -0.05) is 32.9 Å². The summed E-state index contributed by atoms with van der Waals surface area (Å²) in [6.07, 6.45) is 3.56. The van der Waals surface area contributed by atoms with E-state index in [2.05, 4.69) is 38.8 Å². The van der Waals surface area contributed by atoms with Crippen molar-refractivity contribution in [3.8, 4) is 0 Å². The van der Waals surface area contributed by atoms with Gasteiger partial charge in [-0.15, -0.1) is 0 Å². The quantitative estimate of drug-likeness (QED) is 0.711. The largest absolute Gasteiger partial charge is 0.411 e. The molecule has 5 heteroatoms. The molecule has 1 aromatic rings. The van der Waals surface area contributed by atoms with Gasteiger partial charge in [-0.2, -0.15) is 0 Å². The molecule has 2 rings (SSSR count). The Hall–Kier alpha value is -0.753. The average molecular weight is 381 g/mol. The van der Waals surface area contributed by atoms with Crippen molar-refractivity contribution in [2.45, 2.75) is 64.3 Å². The van der Waals surface area contributed by atoms with E-state index in [4.69, 9.17) is 10.2 Å². The number of nitrogens with two attached hydrogens (primary N) is 1. The van der Waals surface area contributed by atoms with Crippen LogP contribution in [0.1, 0.15) is 39.2 Å². The summed E-state index contributed by atoms with van der Waals surface area (Å²) in [5.74, 6) is 0.535. The van der Waals surface area contributed by atoms with Gasteiger partial charge >= 0.3 is 0 Å². The molecule has 148 valence electrons. The number of benzene rings is 1. The number of halogens is 1. The van der Waals surface area contributed by atoms with E-state index in [1.165, 1.54) is 18.4 Å². The maximum atomic E-state index is 13.0. The summed E-state index contributed by atoms with van der Waals surface area (Å²) in [7, 11) is -1.78. The molecular formula is C21H37FN2OSi. The first-order chi connectivity index (χ1) is 12.1. The third-order valence-corrected chi connectivity index (χ3v) is 10.7. The minimum Gasteiger partial charge on any atom is -0.411 e. The molecule has 0 saturated carbocycles. The van der Waals surface area contributed by atoms with Crippen LogP contribution in [0, 0.1) is 11.7 Å². The minimum absolute atomic E-state index is 0.129. The van der Waals surface area contributed by atoms with Crippen molar-refractivity contribution >= 4 is 8.32 Å². The molecule has 26 heavy (non-hydrogen) atoms. The van der Waals surface area contributed by atoms with Crippen LogP contribution >= 0.6 is 0 Å². The van der Waals surface area contributed by atoms with Gasteiger partial charge in [-0.05, 0) is 74.1 Å². The van der Waals surface area contributed by atoms with E-state index in [0.717, 1.165) is 26.1 Å². The fourth-order valence-electron chi connectivity index (χ4n) is 3.37. The van der Waals surface area contributed by atoms with Crippen LogP contribution in [0.3, 0.4) is 0 Å². The van der Waals surface area contributed by atoms with Gasteiger partial charge < -0.3 is 15.1 Å². The van der Waals surface area contributed by atoms with Gasteiger partial charge in [0.15, 0.2) is 8.32 Å². The Morgan fingerprint density at radius 3 is 2.27 bits per heavy atom. The standard InChI is InChI=1S/C21H37FN2OSi/c1-21(2,3)26(4,5)25-20(15-23)16-24-12-10-18(11-13-24)14-17-6-8-19(22)9-7-17/h6-9,18,20H,10-16,23H2,1-5H3. The minimum atomic E-state index is -1.78. The summed E-state index contributed by atoms with van der Waals surface area (Å²) in [5.41, 5.74) is 7.26. The van der Waals surface area contributed by atoms with Crippen molar-refractivity contribution in [3.63, 3.8) is 0 Å². The van der Waals surface area contributed by atoms with Crippen molar-refractivity contribution < 1.29 is 8.82 Å². The van der Waals surface area contributed by atoms with Crippen LogP contribution in [0.5, 0.6) is 0 Å². The highest BCUT2D eigenvalue weighted by atomic mass is 28.4. The number of hydrogen-bond donors (Lipinski definition) is 1. The molecule has 1 heterocycles. The Morgan fingerprint density at radius 1 is 1.19 bits per heavy atom. The Kier molecular flexibility index (Phi) is 7.42. The smallest absolute Gasteiger partial charge is 0.192 e. The molecule has 0 aromatic heterocycles. The first-order valence-corrected chi connectivity index (χ1v) is 12.9. The van der Waals surface area contributed by atoms with Gasteiger partial charge in [0, 0.05) is 13.1 Å². The first-order valence-electron chi connectivity index (χ1n) is 9.95. The van der Waals surface area contributed by atoms with E-state index in [1.54, 1.807) is 12.1 Å². The maximum absolute atomic E-state index is 13.0. The molecule has 1 atom stereocenters. The van der Waals surface area contributed by atoms with Crippen LogP contribution in [0.25, 0.3) is 0 Å². The second-order valence-electron chi connectivity index (χ2n) is 9.31. The molecular weight excluding hydrogens is 343 g/mol. The van der Waals surface area contributed by atoms with Gasteiger partial charge in [-0.25, -0.2) is 4.39 Å². The molecule has 1 aliphatic rings. The summed E-state index contributed by atoms with van der Waals surface area (Å²) in [5, 5.41) is 0.211. The molecule has 2 N–H and O–H groups in total. The lowest BCUT2D eigenvalue weighted by Crippen LogP contribution is -2.50. The van der Waals surface area contributed by atoms with Crippen molar-refractivity contribution in [1.82, 2.24) is 4.90 Å². The Bertz CT molecular complexity index is 548. The van der Waals surface area contributed by atoms with Crippen molar-refractivity contribution in [2.24, 2.45) is 11.7 Å². The van der Waals surface area contributed by atoms with E-state index in [0.29, 0.717) is 12.5 Å². The van der Waals surface area contributed by atoms with Crippen LogP contribution in [0.4, 0.5) is 4.39 Å². The van der Waals surface area contributed by atoms with E-state index in [9.17, 15) is 4.39 Å². The maximum Gasteiger partial charge on any atom is 0.192 e. The molecule has 0 aliphatic carbocycles. The second-order valence-corrected chi connectivity index (χ2v) is 14.1. The molecule has 3 nitrogen and oxygen atoms in total. The van der Waals surface area contributed by atoms with Gasteiger partial charge in [0.1, 0.15) is 5.82 Å². The molecule has 1 aromatic carbocycles. The fraction of sp³-hybridized carbons (Fsp3) is 0.714.